The lowest BCUT2D eigenvalue weighted by atomic mass is 10.2. The van der Waals surface area contributed by atoms with Gasteiger partial charge in [0.15, 0.2) is 5.82 Å². The molecule has 1 aromatic carbocycles. The van der Waals surface area contributed by atoms with Crippen molar-refractivity contribution in [3.8, 4) is 11.4 Å². The molecule has 11 nitrogen and oxygen atoms in total. The fraction of sp³-hybridized carbons (Fsp3) is 0.542. The van der Waals surface area contributed by atoms with Gasteiger partial charge in [-0.2, -0.15) is 10.6 Å². The molecular weight excluding hydrogens is 484 g/mol. The summed E-state index contributed by atoms with van der Waals surface area (Å²) in [6, 6.07) is 9.00. The van der Waals surface area contributed by atoms with Gasteiger partial charge in [0.25, 0.3) is 0 Å². The molecule has 2 aromatic rings. The average molecular weight is 521 g/mol. The maximum Gasteiger partial charge on any atom is 0.319 e. The van der Waals surface area contributed by atoms with Gasteiger partial charge in [-0.15, -0.1) is 0 Å². The standard InChI is InChI=1S/C24H36N6O5S/c1-18-16-35-14-11-30(18)22-15-21(17-36(2,32)33)26-23(28-22)19-3-5-20(6-4-19)27-24(31)25-7-8-29-9-12-34-13-10-29/h3-6,15,18,32-33H,7-14,16-17H2,1-2H3,(H2,25,27,31)/t18-/m0/s1. The van der Waals surface area contributed by atoms with Gasteiger partial charge < -0.3 is 25.0 Å². The topological polar surface area (TPSA) is 132 Å². The van der Waals surface area contributed by atoms with E-state index < -0.39 is 10.6 Å². The first kappa shape index (κ1) is 26.6. The fourth-order valence-corrected chi connectivity index (χ4v) is 4.92. The molecule has 12 heteroatoms. The molecular formula is C24H36N6O5S. The number of benzene rings is 1. The second-order valence-corrected chi connectivity index (χ2v) is 11.5. The van der Waals surface area contributed by atoms with Crippen molar-refractivity contribution in [2.24, 2.45) is 0 Å². The molecule has 2 fully saturated rings. The highest BCUT2D eigenvalue weighted by Crippen LogP contribution is 2.38. The van der Waals surface area contributed by atoms with Crippen LogP contribution >= 0.6 is 10.6 Å². The number of rotatable bonds is 8. The molecule has 2 saturated heterocycles. The summed E-state index contributed by atoms with van der Waals surface area (Å²) in [5, 5.41) is 5.73. The normalized spacial score (nSPS) is 19.7. The van der Waals surface area contributed by atoms with Crippen molar-refractivity contribution in [2.45, 2.75) is 18.7 Å². The van der Waals surface area contributed by atoms with Gasteiger partial charge in [-0.1, -0.05) is 0 Å². The van der Waals surface area contributed by atoms with Crippen molar-refractivity contribution in [3.05, 3.63) is 36.0 Å². The SMILES string of the molecule is C[C@H]1COCCN1c1cc(CS(C)(O)O)nc(-c2ccc(NC(=O)NCCN3CCOCC3)cc2)n1. The number of nitrogens with one attached hydrogen (secondary N) is 2. The Hall–Kier alpha value is -2.48. The first-order valence-corrected chi connectivity index (χ1v) is 14.3. The van der Waals surface area contributed by atoms with Crippen LogP contribution in [0.2, 0.25) is 0 Å². The van der Waals surface area contributed by atoms with E-state index in [-0.39, 0.29) is 17.8 Å². The number of amides is 2. The van der Waals surface area contributed by atoms with Crippen LogP contribution in [-0.2, 0) is 15.2 Å². The van der Waals surface area contributed by atoms with Gasteiger partial charge in [0.2, 0.25) is 0 Å². The molecule has 2 aliphatic heterocycles. The summed E-state index contributed by atoms with van der Waals surface area (Å²) in [5.74, 6) is 1.28. The third-order valence-corrected chi connectivity index (χ3v) is 6.91. The van der Waals surface area contributed by atoms with Crippen LogP contribution in [0.4, 0.5) is 16.3 Å². The summed E-state index contributed by atoms with van der Waals surface area (Å²) >= 11 is 0. The Morgan fingerprint density at radius 2 is 1.83 bits per heavy atom. The summed E-state index contributed by atoms with van der Waals surface area (Å²) in [7, 11) is -2.77. The van der Waals surface area contributed by atoms with E-state index in [1.54, 1.807) is 12.1 Å². The quantitative estimate of drug-likeness (QED) is 0.415. The molecule has 0 unspecified atom stereocenters. The number of carbonyl (C=O) groups excluding carboxylic acids is 1. The molecule has 36 heavy (non-hydrogen) atoms. The fourth-order valence-electron chi connectivity index (χ4n) is 4.21. The lowest BCUT2D eigenvalue weighted by Crippen LogP contribution is -2.44. The molecule has 3 heterocycles. The van der Waals surface area contributed by atoms with Crippen LogP contribution in [0.25, 0.3) is 11.4 Å². The number of morpholine rings is 2. The van der Waals surface area contributed by atoms with Crippen molar-refractivity contribution in [2.75, 3.05) is 75.6 Å². The maximum atomic E-state index is 12.3. The van der Waals surface area contributed by atoms with Crippen LogP contribution in [-0.4, -0.2) is 101 Å². The van der Waals surface area contributed by atoms with E-state index >= 15 is 0 Å². The lowest BCUT2D eigenvalue weighted by Gasteiger charge is -2.35. The number of hydrogen-bond donors (Lipinski definition) is 4. The van der Waals surface area contributed by atoms with Gasteiger partial charge in [-0.25, -0.2) is 14.8 Å². The summed E-state index contributed by atoms with van der Waals surface area (Å²) in [4.78, 5) is 26.1. The monoisotopic (exact) mass is 520 g/mol. The highest BCUT2D eigenvalue weighted by Gasteiger charge is 2.22. The number of anilines is 2. The largest absolute Gasteiger partial charge is 0.379 e. The number of ether oxygens (including phenoxy) is 2. The van der Waals surface area contributed by atoms with Crippen molar-refractivity contribution in [1.29, 1.82) is 0 Å². The molecule has 0 radical (unpaired) electrons. The van der Waals surface area contributed by atoms with E-state index in [0.717, 1.165) is 44.2 Å². The minimum absolute atomic E-state index is 0.0541. The Morgan fingerprint density at radius 1 is 1.11 bits per heavy atom. The Labute approximate surface area is 213 Å². The van der Waals surface area contributed by atoms with E-state index in [1.165, 1.54) is 6.26 Å². The Morgan fingerprint density at radius 3 is 2.53 bits per heavy atom. The van der Waals surface area contributed by atoms with Crippen LogP contribution in [0.15, 0.2) is 30.3 Å². The molecule has 2 aliphatic rings. The highest BCUT2D eigenvalue weighted by molar-refractivity contribution is 8.23. The van der Waals surface area contributed by atoms with Gasteiger partial charge >= 0.3 is 6.03 Å². The Balaban J connectivity index is 1.42. The maximum absolute atomic E-state index is 12.3. The lowest BCUT2D eigenvalue weighted by molar-refractivity contribution is 0.0388. The molecule has 2 amide bonds. The summed E-state index contributed by atoms with van der Waals surface area (Å²) < 4.78 is 31.0. The van der Waals surface area contributed by atoms with Crippen LogP contribution < -0.4 is 15.5 Å². The van der Waals surface area contributed by atoms with Gasteiger partial charge in [0, 0.05) is 56.3 Å². The molecule has 198 valence electrons. The molecule has 4 rings (SSSR count). The predicted molar refractivity (Wildman–Crippen MR) is 142 cm³/mol. The van der Waals surface area contributed by atoms with Crippen LogP contribution in [0.3, 0.4) is 0 Å². The van der Waals surface area contributed by atoms with E-state index in [0.29, 0.717) is 43.5 Å². The van der Waals surface area contributed by atoms with E-state index in [1.807, 2.05) is 18.2 Å². The third-order valence-electron chi connectivity index (χ3n) is 6.07. The summed E-state index contributed by atoms with van der Waals surface area (Å²) in [6.45, 7) is 8.57. The average Bonchev–Trinajstić information content (AvgIpc) is 2.84. The Bertz CT molecular complexity index is 1010. The van der Waals surface area contributed by atoms with Gasteiger partial charge in [0.1, 0.15) is 5.82 Å². The van der Waals surface area contributed by atoms with Crippen molar-refractivity contribution in [1.82, 2.24) is 20.2 Å². The smallest absolute Gasteiger partial charge is 0.319 e. The number of carbonyl (C=O) groups is 1. The van der Waals surface area contributed by atoms with Crippen molar-refractivity contribution < 1.29 is 23.4 Å². The van der Waals surface area contributed by atoms with E-state index in [4.69, 9.17) is 14.5 Å². The van der Waals surface area contributed by atoms with Crippen LogP contribution in [0, 0.1) is 0 Å². The molecule has 4 N–H and O–H groups in total. The number of hydrogen-bond acceptors (Lipinski definition) is 9. The molecule has 1 aromatic heterocycles. The molecule has 0 bridgehead atoms. The number of aromatic nitrogens is 2. The molecule has 0 spiro atoms. The van der Waals surface area contributed by atoms with Crippen molar-refractivity contribution in [3.63, 3.8) is 0 Å². The van der Waals surface area contributed by atoms with E-state index in [2.05, 4.69) is 32.3 Å². The molecule has 0 saturated carbocycles. The van der Waals surface area contributed by atoms with Crippen molar-refractivity contribution >= 4 is 28.1 Å². The zero-order chi connectivity index (χ0) is 25.5. The third kappa shape index (κ3) is 7.76. The first-order chi connectivity index (χ1) is 17.3. The first-order valence-electron chi connectivity index (χ1n) is 12.2. The Kier molecular flexibility index (Phi) is 8.99. The highest BCUT2D eigenvalue weighted by atomic mass is 32.3. The van der Waals surface area contributed by atoms with Gasteiger partial charge in [-0.3, -0.25) is 14.0 Å². The zero-order valence-electron chi connectivity index (χ0n) is 20.9. The van der Waals surface area contributed by atoms with Crippen LogP contribution in [0.5, 0.6) is 0 Å². The van der Waals surface area contributed by atoms with Crippen LogP contribution in [0.1, 0.15) is 12.6 Å². The summed E-state index contributed by atoms with van der Waals surface area (Å²) in [6.07, 6.45) is 1.41. The molecule has 0 aliphatic carbocycles. The second-order valence-electron chi connectivity index (χ2n) is 9.21. The minimum atomic E-state index is -2.77. The molecule has 1 atom stereocenters. The van der Waals surface area contributed by atoms with E-state index in [9.17, 15) is 13.9 Å². The van der Waals surface area contributed by atoms with Gasteiger partial charge in [0.05, 0.1) is 43.9 Å². The van der Waals surface area contributed by atoms with Gasteiger partial charge in [-0.05, 0) is 31.2 Å². The number of nitrogens with zero attached hydrogens (tertiary/aromatic N) is 4. The predicted octanol–water partition coefficient (Wildman–Crippen LogP) is 2.70. The zero-order valence-corrected chi connectivity index (χ0v) is 21.7. The summed E-state index contributed by atoms with van der Waals surface area (Å²) in [5.41, 5.74) is 1.99. The minimum Gasteiger partial charge on any atom is -0.379 e. The number of urea groups is 1. The second kappa shape index (κ2) is 12.2.